The summed E-state index contributed by atoms with van der Waals surface area (Å²) < 4.78 is 0. The van der Waals surface area contributed by atoms with Crippen LogP contribution in [0.15, 0.2) is 0 Å². The Labute approximate surface area is 73.1 Å². The molecule has 0 aromatic rings. The summed E-state index contributed by atoms with van der Waals surface area (Å²) in [5.74, 6) is -0.272. The van der Waals surface area contributed by atoms with Gasteiger partial charge in [0.2, 0.25) is 5.91 Å². The summed E-state index contributed by atoms with van der Waals surface area (Å²) >= 11 is 0. The molecule has 1 rings (SSSR count). The van der Waals surface area contributed by atoms with Gasteiger partial charge >= 0.3 is 0 Å². The van der Waals surface area contributed by atoms with Crippen LogP contribution in [0, 0.1) is 0 Å². The lowest BCUT2D eigenvalue weighted by molar-refractivity contribution is -0.124. The molecule has 12 heavy (non-hydrogen) atoms. The number of nitrogens with one attached hydrogen (secondary N) is 1. The predicted octanol–water partition coefficient (Wildman–Crippen LogP) is -0.846. The first-order chi connectivity index (χ1) is 5.46. The second kappa shape index (κ2) is 3.03. The zero-order chi connectivity index (χ0) is 9.35. The van der Waals surface area contributed by atoms with Crippen molar-refractivity contribution in [3.8, 4) is 0 Å². The average molecular weight is 171 g/mol. The molecule has 1 aliphatic rings. The molecule has 3 N–H and O–H groups in total. The summed E-state index contributed by atoms with van der Waals surface area (Å²) in [4.78, 5) is 13.2. The first kappa shape index (κ1) is 9.48. The molecule has 1 saturated heterocycles. The Hall–Kier alpha value is -0.610. The van der Waals surface area contributed by atoms with Gasteiger partial charge in [0.1, 0.15) is 6.04 Å². The predicted molar refractivity (Wildman–Crippen MR) is 47.7 cm³/mol. The molecular formula is C8H17N3O. The van der Waals surface area contributed by atoms with E-state index in [1.165, 1.54) is 0 Å². The molecule has 0 aliphatic carbocycles. The van der Waals surface area contributed by atoms with E-state index in [2.05, 4.69) is 10.2 Å². The topological polar surface area (TPSA) is 58.4 Å². The van der Waals surface area contributed by atoms with Gasteiger partial charge in [0.15, 0.2) is 0 Å². The van der Waals surface area contributed by atoms with Crippen LogP contribution in [0.4, 0.5) is 0 Å². The molecule has 1 unspecified atom stereocenters. The van der Waals surface area contributed by atoms with E-state index in [1.54, 1.807) is 0 Å². The van der Waals surface area contributed by atoms with Crippen LogP contribution in [0.3, 0.4) is 0 Å². The Morgan fingerprint density at radius 2 is 2.25 bits per heavy atom. The fourth-order valence-electron chi connectivity index (χ4n) is 1.58. The van der Waals surface area contributed by atoms with E-state index in [9.17, 15) is 4.79 Å². The molecule has 0 radical (unpaired) electrons. The van der Waals surface area contributed by atoms with Gasteiger partial charge in [-0.3, -0.25) is 9.69 Å². The zero-order valence-electron chi connectivity index (χ0n) is 7.92. The molecule has 1 amide bonds. The molecule has 4 heteroatoms. The van der Waals surface area contributed by atoms with Crippen LogP contribution in [0.1, 0.15) is 13.8 Å². The van der Waals surface area contributed by atoms with Crippen LogP contribution in [-0.4, -0.2) is 42.5 Å². The standard InChI is InChI=1S/C8H17N3O/c1-8(2)6(7(9)12)10-4-5-11(8)3/h6,10H,4-5H2,1-3H3,(H2,9,12). The number of hydrogen-bond acceptors (Lipinski definition) is 3. The molecule has 0 aromatic heterocycles. The van der Waals surface area contributed by atoms with Crippen LogP contribution in [-0.2, 0) is 4.79 Å². The van der Waals surface area contributed by atoms with Gasteiger partial charge < -0.3 is 11.1 Å². The smallest absolute Gasteiger partial charge is 0.236 e. The van der Waals surface area contributed by atoms with Crippen molar-refractivity contribution in [1.82, 2.24) is 10.2 Å². The van der Waals surface area contributed by atoms with Crippen LogP contribution in [0.25, 0.3) is 0 Å². The lowest BCUT2D eigenvalue weighted by atomic mass is 9.90. The number of rotatable bonds is 1. The summed E-state index contributed by atoms with van der Waals surface area (Å²) in [7, 11) is 2.01. The largest absolute Gasteiger partial charge is 0.368 e. The number of nitrogens with two attached hydrogens (primary N) is 1. The summed E-state index contributed by atoms with van der Waals surface area (Å²) in [6.07, 6.45) is 0. The maximum atomic E-state index is 11.0. The minimum Gasteiger partial charge on any atom is -0.368 e. The van der Waals surface area contributed by atoms with E-state index in [0.717, 1.165) is 13.1 Å². The molecule has 0 saturated carbocycles. The Kier molecular flexibility index (Phi) is 2.39. The van der Waals surface area contributed by atoms with Gasteiger partial charge in [-0.2, -0.15) is 0 Å². The monoisotopic (exact) mass is 171 g/mol. The number of primary amides is 1. The lowest BCUT2D eigenvalue weighted by Gasteiger charge is -2.45. The van der Waals surface area contributed by atoms with Crippen molar-refractivity contribution >= 4 is 5.91 Å². The van der Waals surface area contributed by atoms with Gasteiger partial charge in [-0.1, -0.05) is 0 Å². The Morgan fingerprint density at radius 1 is 1.67 bits per heavy atom. The second-order valence-corrected chi connectivity index (χ2v) is 3.86. The Morgan fingerprint density at radius 3 is 2.67 bits per heavy atom. The van der Waals surface area contributed by atoms with Gasteiger partial charge in [-0.05, 0) is 20.9 Å². The van der Waals surface area contributed by atoms with Crippen molar-refractivity contribution in [2.24, 2.45) is 5.73 Å². The molecule has 0 bridgehead atoms. The number of hydrogen-bond donors (Lipinski definition) is 2. The maximum absolute atomic E-state index is 11.0. The van der Waals surface area contributed by atoms with Crippen LogP contribution < -0.4 is 11.1 Å². The highest BCUT2D eigenvalue weighted by molar-refractivity contribution is 5.81. The van der Waals surface area contributed by atoms with Crippen molar-refractivity contribution in [2.75, 3.05) is 20.1 Å². The van der Waals surface area contributed by atoms with Gasteiger partial charge in [-0.15, -0.1) is 0 Å². The fourth-order valence-corrected chi connectivity index (χ4v) is 1.58. The molecule has 0 aromatic carbocycles. The minimum atomic E-state index is -0.272. The third-order valence-electron chi connectivity index (χ3n) is 2.77. The van der Waals surface area contributed by atoms with Gasteiger partial charge in [0.05, 0.1) is 0 Å². The third kappa shape index (κ3) is 1.44. The number of piperazine rings is 1. The summed E-state index contributed by atoms with van der Waals surface area (Å²) in [5.41, 5.74) is 5.10. The van der Waals surface area contributed by atoms with E-state index in [0.29, 0.717) is 0 Å². The number of likely N-dealkylation sites (N-methyl/N-ethyl adjacent to an activating group) is 1. The highest BCUT2D eigenvalue weighted by atomic mass is 16.1. The summed E-state index contributed by atoms with van der Waals surface area (Å²) in [6, 6.07) is -0.240. The molecule has 1 fully saturated rings. The summed E-state index contributed by atoms with van der Waals surface area (Å²) in [6.45, 7) is 5.83. The van der Waals surface area contributed by atoms with Crippen LogP contribution in [0.5, 0.6) is 0 Å². The highest BCUT2D eigenvalue weighted by Gasteiger charge is 2.39. The molecule has 4 nitrogen and oxygen atoms in total. The number of nitrogens with zero attached hydrogens (tertiary/aromatic N) is 1. The minimum absolute atomic E-state index is 0.177. The maximum Gasteiger partial charge on any atom is 0.236 e. The Balaban J connectivity index is 2.79. The molecule has 0 spiro atoms. The quantitative estimate of drug-likeness (QED) is 0.540. The van der Waals surface area contributed by atoms with Gasteiger partial charge in [0, 0.05) is 18.6 Å². The third-order valence-corrected chi connectivity index (χ3v) is 2.77. The van der Waals surface area contributed by atoms with Crippen molar-refractivity contribution in [2.45, 2.75) is 25.4 Å². The normalized spacial score (nSPS) is 30.1. The van der Waals surface area contributed by atoms with Crippen molar-refractivity contribution in [3.05, 3.63) is 0 Å². The van der Waals surface area contributed by atoms with Gasteiger partial charge in [-0.25, -0.2) is 0 Å². The van der Waals surface area contributed by atoms with Crippen LogP contribution >= 0.6 is 0 Å². The van der Waals surface area contributed by atoms with Crippen LogP contribution in [0.2, 0.25) is 0 Å². The Bertz CT molecular complexity index is 191. The molecule has 1 aliphatic heterocycles. The SMILES string of the molecule is CN1CCNC(C(N)=O)C1(C)C. The number of carbonyl (C=O) groups is 1. The molecule has 1 heterocycles. The van der Waals surface area contributed by atoms with Gasteiger partial charge in [0.25, 0.3) is 0 Å². The van der Waals surface area contributed by atoms with E-state index in [-0.39, 0.29) is 17.5 Å². The summed E-state index contributed by atoms with van der Waals surface area (Å²) in [5, 5.41) is 3.12. The van der Waals surface area contributed by atoms with Crippen molar-refractivity contribution < 1.29 is 4.79 Å². The van der Waals surface area contributed by atoms with Crippen molar-refractivity contribution in [3.63, 3.8) is 0 Å². The zero-order valence-corrected chi connectivity index (χ0v) is 7.92. The number of amides is 1. The lowest BCUT2D eigenvalue weighted by Crippen LogP contribution is -2.67. The van der Waals surface area contributed by atoms with E-state index >= 15 is 0 Å². The highest BCUT2D eigenvalue weighted by Crippen LogP contribution is 2.19. The second-order valence-electron chi connectivity index (χ2n) is 3.86. The van der Waals surface area contributed by atoms with E-state index in [4.69, 9.17) is 5.73 Å². The number of carbonyl (C=O) groups excluding carboxylic acids is 1. The fraction of sp³-hybridized carbons (Fsp3) is 0.875. The first-order valence-corrected chi connectivity index (χ1v) is 4.20. The van der Waals surface area contributed by atoms with Crippen molar-refractivity contribution in [1.29, 1.82) is 0 Å². The van der Waals surface area contributed by atoms with E-state index < -0.39 is 0 Å². The average Bonchev–Trinajstić information content (AvgIpc) is 1.94. The first-order valence-electron chi connectivity index (χ1n) is 4.20. The van der Waals surface area contributed by atoms with E-state index in [1.807, 2.05) is 20.9 Å². The molecule has 70 valence electrons. The molecule has 1 atom stereocenters. The molecular weight excluding hydrogens is 154 g/mol.